The summed E-state index contributed by atoms with van der Waals surface area (Å²) in [6.45, 7) is 0. The van der Waals surface area contributed by atoms with E-state index in [1.807, 2.05) is 6.07 Å². The highest BCUT2D eigenvalue weighted by atomic mass is 32.1. The molecule has 4 unspecified atom stereocenters. The first-order chi connectivity index (χ1) is 16.9. The molecule has 2 aliphatic carbocycles. The second-order valence-corrected chi connectivity index (χ2v) is 10.0. The monoisotopic (exact) mass is 492 g/mol. The van der Waals surface area contributed by atoms with Gasteiger partial charge in [-0.2, -0.15) is 5.26 Å². The smallest absolute Gasteiger partial charge is 0.308 e. The highest BCUT2D eigenvalue weighted by Crippen LogP contribution is 2.50. The van der Waals surface area contributed by atoms with Crippen LogP contribution in [0, 0.1) is 40.7 Å². The molecule has 0 radical (unpaired) electrons. The number of nitrogens with one attached hydrogen (secondary N) is 2. The second kappa shape index (κ2) is 8.09. The average Bonchev–Trinajstić information content (AvgIpc) is 3.63. The Morgan fingerprint density at radius 2 is 2.09 bits per heavy atom. The molecule has 4 atom stereocenters. The van der Waals surface area contributed by atoms with Crippen LogP contribution in [0.25, 0.3) is 33.0 Å². The summed E-state index contributed by atoms with van der Waals surface area (Å²) in [7, 11) is 0. The van der Waals surface area contributed by atoms with Crippen molar-refractivity contribution in [2.75, 3.05) is 5.32 Å². The number of aromatic nitrogens is 4. The highest BCUT2D eigenvalue weighted by molar-refractivity contribution is 7.15. The van der Waals surface area contributed by atoms with Gasteiger partial charge < -0.3 is 15.4 Å². The number of carboxylic acids is 1. The predicted molar refractivity (Wildman–Crippen MR) is 124 cm³/mol. The Hall–Kier alpha value is -3.91. The SMILES string of the molecule is N#Cc1ccc(-c2nc(-c3c[nH]c4ncc(F)cc34)nc(NC3C4CCC(C4)C3C(=O)O)c2F)s1. The van der Waals surface area contributed by atoms with E-state index in [1.165, 1.54) is 6.07 Å². The Labute approximate surface area is 201 Å². The minimum atomic E-state index is -0.903. The number of carbonyl (C=O) groups is 1. The number of anilines is 1. The van der Waals surface area contributed by atoms with Crippen LogP contribution in [0.4, 0.5) is 14.6 Å². The molecule has 0 aliphatic heterocycles. The number of carboxylic acid groups (broad SMARTS) is 1. The molecule has 4 aromatic rings. The third-order valence-electron chi connectivity index (χ3n) is 7.04. The first kappa shape index (κ1) is 21.6. The first-order valence-corrected chi connectivity index (χ1v) is 11.9. The Morgan fingerprint density at radius 3 is 2.86 bits per heavy atom. The van der Waals surface area contributed by atoms with E-state index in [0.29, 0.717) is 26.4 Å². The van der Waals surface area contributed by atoms with Crippen molar-refractivity contribution in [1.29, 1.82) is 5.26 Å². The third kappa shape index (κ3) is 3.52. The zero-order valence-electron chi connectivity index (χ0n) is 18.1. The summed E-state index contributed by atoms with van der Waals surface area (Å²) < 4.78 is 29.7. The number of nitriles is 1. The molecule has 11 heteroatoms. The van der Waals surface area contributed by atoms with Crippen LogP contribution in [-0.2, 0) is 4.79 Å². The van der Waals surface area contributed by atoms with Crippen LogP contribution in [0.3, 0.4) is 0 Å². The van der Waals surface area contributed by atoms with Crippen molar-refractivity contribution in [3.63, 3.8) is 0 Å². The molecule has 0 amide bonds. The van der Waals surface area contributed by atoms with Gasteiger partial charge in [-0.25, -0.2) is 23.7 Å². The second-order valence-electron chi connectivity index (χ2n) is 8.95. The van der Waals surface area contributed by atoms with Crippen LogP contribution in [0.15, 0.2) is 30.6 Å². The fraction of sp³-hybridized carbons (Fsp3) is 0.292. The van der Waals surface area contributed by atoms with E-state index in [2.05, 4.69) is 25.3 Å². The van der Waals surface area contributed by atoms with Crippen molar-refractivity contribution in [3.05, 3.63) is 47.1 Å². The number of aliphatic carboxylic acids is 1. The Bertz CT molecular complexity index is 1530. The van der Waals surface area contributed by atoms with Crippen molar-refractivity contribution >= 4 is 34.2 Å². The third-order valence-corrected chi connectivity index (χ3v) is 8.04. The van der Waals surface area contributed by atoms with Gasteiger partial charge in [0.25, 0.3) is 0 Å². The number of hydrogen-bond donors (Lipinski definition) is 3. The maximum atomic E-state index is 15.8. The minimum Gasteiger partial charge on any atom is -0.481 e. The number of fused-ring (bicyclic) bond motifs is 3. The van der Waals surface area contributed by atoms with E-state index in [9.17, 15) is 19.6 Å². The van der Waals surface area contributed by atoms with Gasteiger partial charge in [-0.15, -0.1) is 11.3 Å². The first-order valence-electron chi connectivity index (χ1n) is 11.1. The molecular weight excluding hydrogens is 474 g/mol. The summed E-state index contributed by atoms with van der Waals surface area (Å²) >= 11 is 1.09. The zero-order valence-corrected chi connectivity index (χ0v) is 18.9. The number of pyridine rings is 1. The van der Waals surface area contributed by atoms with Crippen LogP contribution in [0.2, 0.25) is 0 Å². The molecule has 35 heavy (non-hydrogen) atoms. The maximum Gasteiger partial charge on any atom is 0.308 e. The minimum absolute atomic E-state index is 0.0160. The van der Waals surface area contributed by atoms with E-state index < -0.39 is 29.6 Å². The Kier molecular flexibility index (Phi) is 5.00. The van der Waals surface area contributed by atoms with Gasteiger partial charge in [-0.3, -0.25) is 4.79 Å². The fourth-order valence-corrected chi connectivity index (χ4v) is 6.31. The van der Waals surface area contributed by atoms with Crippen LogP contribution < -0.4 is 5.32 Å². The van der Waals surface area contributed by atoms with Crippen molar-refractivity contribution in [3.8, 4) is 28.0 Å². The van der Waals surface area contributed by atoms with E-state index >= 15 is 4.39 Å². The van der Waals surface area contributed by atoms with Gasteiger partial charge in [0.15, 0.2) is 17.5 Å². The molecule has 2 saturated carbocycles. The summed E-state index contributed by atoms with van der Waals surface area (Å²) in [5.74, 6) is -2.62. The largest absolute Gasteiger partial charge is 0.481 e. The van der Waals surface area contributed by atoms with E-state index in [1.54, 1.807) is 18.3 Å². The molecule has 2 bridgehead atoms. The van der Waals surface area contributed by atoms with Gasteiger partial charge in [0.05, 0.1) is 17.0 Å². The number of H-pyrrole nitrogens is 1. The van der Waals surface area contributed by atoms with Crippen LogP contribution in [0.5, 0.6) is 0 Å². The Balaban J connectivity index is 1.50. The lowest BCUT2D eigenvalue weighted by molar-refractivity contribution is -0.143. The quantitative estimate of drug-likeness (QED) is 0.365. The van der Waals surface area contributed by atoms with Crippen molar-refractivity contribution in [1.82, 2.24) is 19.9 Å². The summed E-state index contributed by atoms with van der Waals surface area (Å²) in [6.07, 6.45) is 5.17. The normalized spacial score (nSPS) is 23.0. The number of nitrogens with zero attached hydrogens (tertiary/aromatic N) is 4. The number of thiophene rings is 1. The molecule has 2 fully saturated rings. The molecule has 8 nitrogen and oxygen atoms in total. The van der Waals surface area contributed by atoms with Gasteiger partial charge >= 0.3 is 5.97 Å². The van der Waals surface area contributed by atoms with Crippen molar-refractivity contribution < 1.29 is 18.7 Å². The fourth-order valence-electron chi connectivity index (χ4n) is 5.53. The molecule has 2 aliphatic rings. The molecule has 4 aromatic heterocycles. The molecule has 0 spiro atoms. The van der Waals surface area contributed by atoms with Crippen LogP contribution in [0.1, 0.15) is 24.1 Å². The zero-order chi connectivity index (χ0) is 24.3. The molecule has 6 rings (SSSR count). The van der Waals surface area contributed by atoms with E-state index in [4.69, 9.17) is 0 Å². The summed E-state index contributed by atoms with van der Waals surface area (Å²) in [6, 6.07) is 6.06. The topological polar surface area (TPSA) is 128 Å². The van der Waals surface area contributed by atoms with Gasteiger partial charge in [0.1, 0.15) is 28.1 Å². The number of rotatable bonds is 5. The molecular formula is C24H18F2N6O2S. The van der Waals surface area contributed by atoms with Gasteiger partial charge in [0.2, 0.25) is 0 Å². The van der Waals surface area contributed by atoms with Gasteiger partial charge in [-0.1, -0.05) is 0 Å². The van der Waals surface area contributed by atoms with Crippen molar-refractivity contribution in [2.45, 2.75) is 25.3 Å². The molecule has 0 aromatic carbocycles. The van der Waals surface area contributed by atoms with Crippen molar-refractivity contribution in [2.24, 2.45) is 17.8 Å². The average molecular weight is 493 g/mol. The van der Waals surface area contributed by atoms with Gasteiger partial charge in [0, 0.05) is 23.2 Å². The summed E-state index contributed by atoms with van der Waals surface area (Å²) in [5, 5.41) is 22.6. The lowest BCUT2D eigenvalue weighted by Gasteiger charge is -2.29. The van der Waals surface area contributed by atoms with Crippen LogP contribution >= 0.6 is 11.3 Å². The Morgan fingerprint density at radius 1 is 1.26 bits per heavy atom. The summed E-state index contributed by atoms with van der Waals surface area (Å²) in [5.41, 5.74) is 0.834. The molecule has 0 saturated heterocycles. The highest BCUT2D eigenvalue weighted by Gasteiger charge is 2.51. The lowest BCUT2D eigenvalue weighted by atomic mass is 9.84. The van der Waals surface area contributed by atoms with Crippen LogP contribution in [-0.4, -0.2) is 37.1 Å². The van der Waals surface area contributed by atoms with Gasteiger partial charge in [-0.05, 0) is 49.3 Å². The maximum absolute atomic E-state index is 15.8. The molecule has 4 heterocycles. The van der Waals surface area contributed by atoms with E-state index in [-0.39, 0.29) is 29.2 Å². The standard InChI is InChI=1S/C24H18F2N6O2S/c25-12-6-14-15(9-29-21(14)28-8-12)22-31-20(16-4-3-13(7-27)35-16)18(26)23(32-22)30-19-11-2-1-10(5-11)17(19)24(33)34/h3-4,6,8-11,17,19H,1-2,5H2,(H,28,29)(H,33,34)(H,30,31,32). The molecule has 176 valence electrons. The number of hydrogen-bond acceptors (Lipinski definition) is 7. The number of halogens is 2. The molecule has 3 N–H and O–H groups in total. The lowest BCUT2D eigenvalue weighted by Crippen LogP contribution is -2.39. The van der Waals surface area contributed by atoms with E-state index in [0.717, 1.165) is 36.8 Å². The predicted octanol–water partition coefficient (Wildman–Crippen LogP) is 4.81. The summed E-state index contributed by atoms with van der Waals surface area (Å²) in [4.78, 5) is 28.7. The number of aromatic amines is 1.